The number of fused-ring (bicyclic) bond motifs is 2. The lowest BCUT2D eigenvalue weighted by molar-refractivity contribution is -0.346. The molecule has 14 atom stereocenters. The van der Waals surface area contributed by atoms with Gasteiger partial charge in [-0.2, -0.15) is 0 Å². The average molecular weight is 671 g/mol. The van der Waals surface area contributed by atoms with Gasteiger partial charge in [0.05, 0.1) is 18.8 Å². The Labute approximate surface area is 270 Å². The Morgan fingerprint density at radius 1 is 0.915 bits per heavy atom. The molecule has 0 aromatic rings. The summed E-state index contributed by atoms with van der Waals surface area (Å²) in [6.07, 6.45) is -11.9. The van der Waals surface area contributed by atoms with E-state index in [0.717, 1.165) is 0 Å². The zero-order valence-corrected chi connectivity index (χ0v) is 26.2. The summed E-state index contributed by atoms with van der Waals surface area (Å²) in [5.41, 5.74) is -0.715. The van der Waals surface area contributed by atoms with E-state index in [4.69, 9.17) is 33.2 Å². The molecule has 5 rings (SSSR count). The molecule has 2 fully saturated rings. The van der Waals surface area contributed by atoms with Crippen LogP contribution in [0.2, 0.25) is 0 Å². The average Bonchev–Trinajstić information content (AvgIpc) is 3.04. The van der Waals surface area contributed by atoms with Crippen LogP contribution in [0.15, 0.2) is 47.3 Å². The summed E-state index contributed by atoms with van der Waals surface area (Å²) in [7, 11) is 0. The molecule has 0 saturated carbocycles. The minimum atomic E-state index is -1.84. The molecule has 4 heterocycles. The highest BCUT2D eigenvalue weighted by Gasteiger charge is 2.56. The summed E-state index contributed by atoms with van der Waals surface area (Å²) >= 11 is 0. The van der Waals surface area contributed by atoms with Gasteiger partial charge in [0, 0.05) is 17.6 Å². The lowest BCUT2D eigenvalue weighted by Gasteiger charge is -2.50. The van der Waals surface area contributed by atoms with E-state index in [1.807, 2.05) is 0 Å². The fourth-order valence-corrected chi connectivity index (χ4v) is 6.06. The van der Waals surface area contributed by atoms with Gasteiger partial charge in [-0.25, -0.2) is 9.59 Å². The molecule has 262 valence electrons. The Morgan fingerprint density at radius 2 is 1.53 bits per heavy atom. The Hall–Kier alpha value is -2.74. The van der Waals surface area contributed by atoms with Crippen molar-refractivity contribution in [3.05, 3.63) is 47.3 Å². The van der Waals surface area contributed by atoms with E-state index in [9.17, 15) is 45.3 Å². The molecular weight excluding hydrogens is 628 g/mol. The van der Waals surface area contributed by atoms with Crippen molar-refractivity contribution in [2.45, 2.75) is 113 Å². The topological polar surface area (TPSA) is 240 Å². The quantitative estimate of drug-likeness (QED) is 0.105. The second kappa shape index (κ2) is 14.0. The molecule has 0 aromatic heterocycles. The largest absolute Gasteiger partial charge is 0.485 e. The molecule has 47 heavy (non-hydrogen) atoms. The van der Waals surface area contributed by atoms with Gasteiger partial charge < -0.3 is 68.9 Å². The van der Waals surface area contributed by atoms with E-state index < -0.39 is 116 Å². The van der Waals surface area contributed by atoms with Crippen molar-refractivity contribution in [1.82, 2.24) is 0 Å². The molecule has 16 nitrogen and oxygen atoms in total. The number of aliphatic hydroxyl groups excluding tert-OH is 7. The lowest BCUT2D eigenvalue weighted by atomic mass is 9.78. The first kappa shape index (κ1) is 35.6. The molecule has 7 N–H and O–H groups in total. The van der Waals surface area contributed by atoms with Gasteiger partial charge in [0.1, 0.15) is 72.4 Å². The van der Waals surface area contributed by atoms with Gasteiger partial charge in [-0.05, 0) is 33.8 Å². The van der Waals surface area contributed by atoms with E-state index in [1.54, 1.807) is 52.0 Å². The predicted molar refractivity (Wildman–Crippen MR) is 154 cm³/mol. The van der Waals surface area contributed by atoms with Crippen LogP contribution in [-0.2, 0) is 42.7 Å². The molecule has 0 radical (unpaired) electrons. The van der Waals surface area contributed by atoms with E-state index in [1.165, 1.54) is 6.08 Å². The van der Waals surface area contributed by atoms with Crippen molar-refractivity contribution in [3.8, 4) is 0 Å². The van der Waals surface area contributed by atoms with Crippen LogP contribution in [0.5, 0.6) is 0 Å². The van der Waals surface area contributed by atoms with Crippen LogP contribution < -0.4 is 0 Å². The molecule has 0 spiro atoms. The van der Waals surface area contributed by atoms with Gasteiger partial charge in [-0.3, -0.25) is 0 Å². The van der Waals surface area contributed by atoms with Gasteiger partial charge in [0.15, 0.2) is 18.7 Å². The van der Waals surface area contributed by atoms with Gasteiger partial charge in [0.25, 0.3) is 0 Å². The number of hydrogen-bond donors (Lipinski definition) is 7. The summed E-state index contributed by atoms with van der Waals surface area (Å²) in [5, 5.41) is 72.3. The van der Waals surface area contributed by atoms with Gasteiger partial charge in [-0.1, -0.05) is 18.2 Å². The second-order valence-corrected chi connectivity index (χ2v) is 12.6. The molecule has 5 aliphatic rings. The Morgan fingerprint density at radius 3 is 2.19 bits per heavy atom. The minimum absolute atomic E-state index is 0.275. The number of rotatable bonds is 8. The van der Waals surface area contributed by atoms with Crippen molar-refractivity contribution in [2.24, 2.45) is 5.92 Å². The maximum atomic E-state index is 13.2. The summed E-state index contributed by atoms with van der Waals surface area (Å²) in [6, 6.07) is 0. The van der Waals surface area contributed by atoms with Crippen LogP contribution in [0.25, 0.3) is 0 Å². The third-order valence-electron chi connectivity index (χ3n) is 8.96. The van der Waals surface area contributed by atoms with Crippen molar-refractivity contribution < 1.29 is 78.5 Å². The number of carbonyl (C=O) groups is 2. The number of carbonyl (C=O) groups excluding carboxylic acids is 2. The normalized spacial score (nSPS) is 43.0. The Bertz CT molecular complexity index is 1300. The molecule has 0 amide bonds. The summed E-state index contributed by atoms with van der Waals surface area (Å²) < 4.78 is 40.8. The smallest absolute Gasteiger partial charge is 0.334 e. The zero-order chi connectivity index (χ0) is 34.4. The molecular formula is C31H42O16. The first-order valence-electron chi connectivity index (χ1n) is 15.3. The highest BCUT2D eigenvalue weighted by molar-refractivity contribution is 5.88. The van der Waals surface area contributed by atoms with E-state index in [0.29, 0.717) is 11.3 Å². The van der Waals surface area contributed by atoms with Crippen molar-refractivity contribution in [2.75, 3.05) is 13.2 Å². The van der Waals surface area contributed by atoms with Gasteiger partial charge in [-0.15, -0.1) is 0 Å². The standard InChI is InChI=1S/C31H42O16/c1-5-12(2)28(40)45-26-18-14(8-6-13-7-9-17(33)44-25(13)18)47-31(3,4)27(26)46-30-24(39)22(37)20(35)16(43-30)11-41-29-23(38)21(36)19(34)15(10-32)42-29/h5-9,13,15-16,19-27,29-30,32,34-39H,10-11H2,1-4H3/b12-5-/t13-,15+,16+,19+,20+,21-,22-,23+,24+,25+,26-,27+,29+,30-/m0/s1. The minimum Gasteiger partial charge on any atom is -0.485 e. The van der Waals surface area contributed by atoms with Crippen LogP contribution in [0, 0.1) is 5.92 Å². The fraction of sp³-hybridized carbons (Fsp3) is 0.677. The van der Waals surface area contributed by atoms with Crippen LogP contribution in [0.3, 0.4) is 0 Å². The van der Waals surface area contributed by atoms with Crippen molar-refractivity contribution in [1.29, 1.82) is 0 Å². The van der Waals surface area contributed by atoms with Crippen molar-refractivity contribution >= 4 is 11.9 Å². The molecule has 2 saturated heterocycles. The predicted octanol–water partition coefficient (Wildman–Crippen LogP) is -2.40. The monoisotopic (exact) mass is 670 g/mol. The highest BCUT2D eigenvalue weighted by atomic mass is 16.7. The maximum absolute atomic E-state index is 13.2. The number of allylic oxidation sites excluding steroid dienone is 2. The second-order valence-electron chi connectivity index (χ2n) is 12.6. The maximum Gasteiger partial charge on any atom is 0.334 e. The third-order valence-corrected chi connectivity index (χ3v) is 8.96. The van der Waals surface area contributed by atoms with E-state index in [-0.39, 0.29) is 5.57 Å². The number of hydrogen-bond acceptors (Lipinski definition) is 16. The van der Waals surface area contributed by atoms with Crippen LogP contribution in [0.1, 0.15) is 27.7 Å². The Kier molecular flexibility index (Phi) is 10.6. The van der Waals surface area contributed by atoms with E-state index >= 15 is 0 Å². The van der Waals surface area contributed by atoms with Crippen LogP contribution in [-0.4, -0.2) is 146 Å². The fourth-order valence-electron chi connectivity index (χ4n) is 6.06. The molecule has 16 heteroatoms. The van der Waals surface area contributed by atoms with E-state index in [2.05, 4.69) is 0 Å². The number of aliphatic hydroxyl groups is 7. The molecule has 4 aliphatic heterocycles. The first-order valence-corrected chi connectivity index (χ1v) is 15.3. The third kappa shape index (κ3) is 6.91. The molecule has 0 aromatic carbocycles. The number of ether oxygens (including phenoxy) is 7. The zero-order valence-electron chi connectivity index (χ0n) is 26.2. The van der Waals surface area contributed by atoms with Gasteiger partial charge >= 0.3 is 11.9 Å². The SMILES string of the molecule is C/C=C(/C)C(=O)O[C@H]1C2=C(C=C[C@H]3C=CC(=O)O[C@@H]23)OC(C)(C)[C@@H]1O[C@@H]1O[C@H](CO[C@@H]2O[C@H](CO)[C@@H](O)[C@H](O)[C@H]2O)[C@@H](O)[C@H](O)[C@H]1O. The summed E-state index contributed by atoms with van der Waals surface area (Å²) in [4.78, 5) is 25.4. The van der Waals surface area contributed by atoms with Crippen molar-refractivity contribution in [3.63, 3.8) is 0 Å². The summed E-state index contributed by atoms with van der Waals surface area (Å²) in [6.45, 7) is 5.20. The number of esters is 2. The highest BCUT2D eigenvalue weighted by Crippen LogP contribution is 2.44. The molecule has 1 aliphatic carbocycles. The summed E-state index contributed by atoms with van der Waals surface area (Å²) in [5.74, 6) is -1.43. The van der Waals surface area contributed by atoms with Crippen LogP contribution in [0.4, 0.5) is 0 Å². The Balaban J connectivity index is 1.41. The molecule has 0 unspecified atom stereocenters. The first-order chi connectivity index (χ1) is 22.2. The van der Waals surface area contributed by atoms with Crippen LogP contribution >= 0.6 is 0 Å². The lowest BCUT2D eigenvalue weighted by Crippen LogP contribution is -2.64. The molecule has 0 bridgehead atoms. The van der Waals surface area contributed by atoms with Gasteiger partial charge in [0.2, 0.25) is 0 Å².